The van der Waals surface area contributed by atoms with E-state index in [9.17, 15) is 14.0 Å². The minimum atomic E-state index is -0.337. The number of hydrogen-bond acceptors (Lipinski definition) is 3. The molecule has 0 saturated carbocycles. The number of anilines is 1. The molecule has 3 aromatic carbocycles. The van der Waals surface area contributed by atoms with Crippen LogP contribution < -0.4 is 10.6 Å². The fourth-order valence-corrected chi connectivity index (χ4v) is 4.40. The van der Waals surface area contributed by atoms with Crippen LogP contribution in [0.4, 0.5) is 14.9 Å². The van der Waals surface area contributed by atoms with E-state index >= 15 is 0 Å². The van der Waals surface area contributed by atoms with E-state index in [1.807, 2.05) is 61.5 Å². The zero-order chi connectivity index (χ0) is 25.8. The molecule has 3 amide bonds. The number of urea groups is 1. The van der Waals surface area contributed by atoms with E-state index in [1.54, 1.807) is 27.9 Å². The second-order valence-corrected chi connectivity index (χ2v) is 9.21. The summed E-state index contributed by atoms with van der Waals surface area (Å²) in [5.41, 5.74) is 4.34. The van der Waals surface area contributed by atoms with Crippen LogP contribution in [0.15, 0.2) is 85.1 Å². The molecule has 7 nitrogen and oxygen atoms in total. The fourth-order valence-electron chi connectivity index (χ4n) is 4.40. The van der Waals surface area contributed by atoms with Crippen molar-refractivity contribution >= 4 is 17.6 Å². The molecule has 0 aliphatic carbocycles. The summed E-state index contributed by atoms with van der Waals surface area (Å²) in [5.74, 6) is -0.562. The summed E-state index contributed by atoms with van der Waals surface area (Å²) in [6, 6.07) is 23.0. The molecule has 1 aliphatic rings. The maximum atomic E-state index is 13.4. The predicted octanol–water partition coefficient (Wildman–Crippen LogP) is 5.41. The number of para-hydroxylation sites is 1. The number of amides is 3. The molecule has 2 heterocycles. The van der Waals surface area contributed by atoms with Crippen LogP contribution in [-0.4, -0.2) is 45.8 Å². The van der Waals surface area contributed by atoms with Crippen molar-refractivity contribution in [2.24, 2.45) is 0 Å². The second-order valence-electron chi connectivity index (χ2n) is 9.21. The monoisotopic (exact) mass is 497 g/mol. The average molecular weight is 498 g/mol. The number of nitrogens with zero attached hydrogens (tertiary/aromatic N) is 3. The van der Waals surface area contributed by atoms with Crippen LogP contribution in [0.1, 0.15) is 28.8 Å². The Morgan fingerprint density at radius 2 is 1.59 bits per heavy atom. The van der Waals surface area contributed by atoms with Gasteiger partial charge in [0.1, 0.15) is 11.5 Å². The van der Waals surface area contributed by atoms with E-state index in [0.29, 0.717) is 42.9 Å². The number of aromatic nitrogens is 2. The third kappa shape index (κ3) is 5.69. The fraction of sp³-hybridized carbons (Fsp3) is 0.207. The van der Waals surface area contributed by atoms with Crippen molar-refractivity contribution in [3.8, 4) is 16.9 Å². The molecule has 0 atom stereocenters. The molecule has 0 radical (unpaired) electrons. The summed E-state index contributed by atoms with van der Waals surface area (Å²) in [5, 5.41) is 10.7. The highest BCUT2D eigenvalue weighted by molar-refractivity contribution is 6.00. The number of piperidine rings is 1. The van der Waals surface area contributed by atoms with Crippen LogP contribution in [0, 0.1) is 12.7 Å². The van der Waals surface area contributed by atoms with Crippen molar-refractivity contribution in [3.05, 3.63) is 102 Å². The average Bonchev–Trinajstić information content (AvgIpc) is 3.36. The zero-order valence-corrected chi connectivity index (χ0v) is 20.5. The highest BCUT2D eigenvalue weighted by atomic mass is 19.1. The number of carbonyl (C=O) groups is 2. The van der Waals surface area contributed by atoms with Gasteiger partial charge in [0.05, 0.1) is 11.3 Å². The van der Waals surface area contributed by atoms with Gasteiger partial charge in [-0.25, -0.2) is 13.9 Å². The van der Waals surface area contributed by atoms with Gasteiger partial charge in [-0.2, -0.15) is 5.10 Å². The SMILES string of the molecule is Cc1ccc(-c2nn(-c3ccc(F)cc3)cc2C(=O)NC2CCN(C(=O)Nc3ccccc3)CC2)cc1. The van der Waals surface area contributed by atoms with Gasteiger partial charge in [-0.1, -0.05) is 48.0 Å². The van der Waals surface area contributed by atoms with E-state index < -0.39 is 0 Å². The first-order chi connectivity index (χ1) is 18.0. The zero-order valence-electron chi connectivity index (χ0n) is 20.5. The highest BCUT2D eigenvalue weighted by Crippen LogP contribution is 2.25. The number of halogens is 1. The third-order valence-electron chi connectivity index (χ3n) is 6.52. The Morgan fingerprint density at radius 1 is 0.919 bits per heavy atom. The van der Waals surface area contributed by atoms with Crippen molar-refractivity contribution in [1.29, 1.82) is 0 Å². The largest absolute Gasteiger partial charge is 0.349 e. The van der Waals surface area contributed by atoms with Crippen LogP contribution >= 0.6 is 0 Å². The van der Waals surface area contributed by atoms with Crippen molar-refractivity contribution in [3.63, 3.8) is 0 Å². The van der Waals surface area contributed by atoms with Crippen LogP contribution in [-0.2, 0) is 0 Å². The molecule has 5 rings (SSSR count). The summed E-state index contributed by atoms with van der Waals surface area (Å²) in [4.78, 5) is 27.8. The summed E-state index contributed by atoms with van der Waals surface area (Å²) in [7, 11) is 0. The Hall–Kier alpha value is -4.46. The molecule has 1 aliphatic heterocycles. The lowest BCUT2D eigenvalue weighted by Gasteiger charge is -2.32. The molecular formula is C29H28FN5O2. The number of aryl methyl sites for hydroxylation is 1. The first-order valence-corrected chi connectivity index (χ1v) is 12.3. The summed E-state index contributed by atoms with van der Waals surface area (Å²) >= 11 is 0. The number of likely N-dealkylation sites (tertiary alicyclic amines) is 1. The lowest BCUT2D eigenvalue weighted by atomic mass is 10.0. The highest BCUT2D eigenvalue weighted by Gasteiger charge is 2.26. The lowest BCUT2D eigenvalue weighted by molar-refractivity contribution is 0.0920. The Bertz CT molecular complexity index is 1380. The van der Waals surface area contributed by atoms with Gasteiger partial charge in [0, 0.05) is 36.6 Å². The van der Waals surface area contributed by atoms with Gasteiger partial charge in [-0.15, -0.1) is 0 Å². The van der Waals surface area contributed by atoms with Crippen LogP contribution in [0.25, 0.3) is 16.9 Å². The molecule has 1 saturated heterocycles. The predicted molar refractivity (Wildman–Crippen MR) is 141 cm³/mol. The molecule has 1 aromatic heterocycles. The number of benzene rings is 3. The first-order valence-electron chi connectivity index (χ1n) is 12.3. The molecule has 0 spiro atoms. The summed E-state index contributed by atoms with van der Waals surface area (Å²) in [6.07, 6.45) is 2.99. The van der Waals surface area contributed by atoms with Crippen molar-refractivity contribution in [2.75, 3.05) is 18.4 Å². The Morgan fingerprint density at radius 3 is 2.27 bits per heavy atom. The Kier molecular flexibility index (Phi) is 6.98. The molecule has 0 unspecified atom stereocenters. The van der Waals surface area contributed by atoms with Crippen molar-refractivity contribution in [1.82, 2.24) is 20.0 Å². The van der Waals surface area contributed by atoms with Gasteiger partial charge in [0.15, 0.2) is 0 Å². The third-order valence-corrected chi connectivity index (χ3v) is 6.52. The molecular weight excluding hydrogens is 469 g/mol. The molecule has 2 N–H and O–H groups in total. The lowest BCUT2D eigenvalue weighted by Crippen LogP contribution is -2.47. The second kappa shape index (κ2) is 10.7. The standard InChI is InChI=1S/C29H28FN5O2/c1-20-7-9-21(10-8-20)27-26(19-35(33-27)25-13-11-22(30)12-14-25)28(36)31-24-15-17-34(18-16-24)29(37)32-23-5-3-2-4-6-23/h2-14,19,24H,15-18H2,1H3,(H,31,36)(H,32,37). The van der Waals surface area contributed by atoms with E-state index in [2.05, 4.69) is 15.7 Å². The van der Waals surface area contributed by atoms with Gasteiger partial charge >= 0.3 is 6.03 Å². The van der Waals surface area contributed by atoms with Crippen LogP contribution in [0.2, 0.25) is 0 Å². The van der Waals surface area contributed by atoms with Crippen LogP contribution in [0.5, 0.6) is 0 Å². The number of nitrogens with one attached hydrogen (secondary N) is 2. The van der Waals surface area contributed by atoms with Gasteiger partial charge in [0.25, 0.3) is 5.91 Å². The molecule has 1 fully saturated rings. The number of hydrogen-bond donors (Lipinski definition) is 2. The van der Waals surface area contributed by atoms with Crippen LogP contribution in [0.3, 0.4) is 0 Å². The number of carbonyl (C=O) groups excluding carboxylic acids is 2. The molecule has 4 aromatic rings. The Balaban J connectivity index is 1.29. The summed E-state index contributed by atoms with van der Waals surface area (Å²) in [6.45, 7) is 3.09. The van der Waals surface area contributed by atoms with E-state index in [4.69, 9.17) is 0 Å². The minimum absolute atomic E-state index is 0.0617. The minimum Gasteiger partial charge on any atom is -0.349 e. The van der Waals surface area contributed by atoms with E-state index in [1.165, 1.54) is 12.1 Å². The maximum Gasteiger partial charge on any atom is 0.321 e. The summed E-state index contributed by atoms with van der Waals surface area (Å²) < 4.78 is 15.0. The van der Waals surface area contributed by atoms with Crippen molar-refractivity contribution < 1.29 is 14.0 Å². The topological polar surface area (TPSA) is 79.3 Å². The Labute approximate surface area is 214 Å². The quantitative estimate of drug-likeness (QED) is 0.387. The van der Waals surface area contributed by atoms with Gasteiger partial charge in [-0.05, 0) is 56.2 Å². The van der Waals surface area contributed by atoms with E-state index in [-0.39, 0.29) is 23.8 Å². The van der Waals surface area contributed by atoms with Gasteiger partial charge < -0.3 is 15.5 Å². The molecule has 188 valence electrons. The smallest absolute Gasteiger partial charge is 0.321 e. The molecule has 37 heavy (non-hydrogen) atoms. The molecule has 8 heteroatoms. The molecule has 0 bridgehead atoms. The van der Waals surface area contributed by atoms with E-state index in [0.717, 1.165) is 16.8 Å². The first kappa shape index (κ1) is 24.2. The number of rotatable bonds is 5. The van der Waals surface area contributed by atoms with Gasteiger partial charge in [0.2, 0.25) is 0 Å². The maximum absolute atomic E-state index is 13.4. The van der Waals surface area contributed by atoms with Gasteiger partial charge in [-0.3, -0.25) is 4.79 Å². The van der Waals surface area contributed by atoms with Crippen molar-refractivity contribution in [2.45, 2.75) is 25.8 Å². The normalized spacial score (nSPS) is 13.8.